The Labute approximate surface area is 253 Å². The van der Waals surface area contributed by atoms with Crippen molar-refractivity contribution in [2.24, 2.45) is 0 Å². The Balaban J connectivity index is 1.13. The fraction of sp³-hybridized carbons (Fsp3) is 0.424. The lowest BCUT2D eigenvalue weighted by atomic mass is 10.1. The molecule has 1 aromatic heterocycles. The van der Waals surface area contributed by atoms with Gasteiger partial charge in [0.25, 0.3) is 0 Å². The number of ether oxygens (including phenoxy) is 6. The zero-order chi connectivity index (χ0) is 29.7. The molecule has 1 N–H and O–H groups in total. The van der Waals surface area contributed by atoms with Crippen molar-refractivity contribution in [1.29, 1.82) is 0 Å². The van der Waals surface area contributed by atoms with E-state index < -0.39 is 0 Å². The van der Waals surface area contributed by atoms with E-state index in [9.17, 15) is 0 Å². The average Bonchev–Trinajstić information content (AvgIpc) is 3.52. The molecule has 0 unspecified atom stereocenters. The maximum atomic E-state index is 5.97. The summed E-state index contributed by atoms with van der Waals surface area (Å²) in [7, 11) is 3.34. The third-order valence-corrected chi connectivity index (χ3v) is 7.46. The molecule has 230 valence electrons. The summed E-state index contributed by atoms with van der Waals surface area (Å²) in [5, 5.41) is 7.50. The van der Waals surface area contributed by atoms with Crippen molar-refractivity contribution in [2.75, 3.05) is 93.1 Å². The highest BCUT2D eigenvalue weighted by Crippen LogP contribution is 2.28. The number of morpholine rings is 2. The first-order chi connectivity index (χ1) is 21.2. The molecule has 10 nitrogen and oxygen atoms in total. The van der Waals surface area contributed by atoms with Gasteiger partial charge in [-0.2, -0.15) is 5.10 Å². The fourth-order valence-electron chi connectivity index (χ4n) is 4.95. The Morgan fingerprint density at radius 2 is 1.21 bits per heavy atom. The van der Waals surface area contributed by atoms with Crippen LogP contribution in [0.3, 0.4) is 0 Å². The molecule has 2 aromatic carbocycles. The summed E-state index contributed by atoms with van der Waals surface area (Å²) in [5.74, 6) is 3.08. The van der Waals surface area contributed by atoms with Crippen LogP contribution < -0.4 is 18.9 Å². The molecule has 0 spiro atoms. The van der Waals surface area contributed by atoms with Gasteiger partial charge in [0.05, 0.1) is 52.0 Å². The topological polar surface area (TPSA) is 90.5 Å². The predicted molar refractivity (Wildman–Crippen MR) is 168 cm³/mol. The summed E-state index contributed by atoms with van der Waals surface area (Å²) >= 11 is 0. The van der Waals surface area contributed by atoms with E-state index in [0.717, 1.165) is 111 Å². The highest BCUT2D eigenvalue weighted by Gasteiger charge is 2.12. The van der Waals surface area contributed by atoms with Crippen LogP contribution in [0.25, 0.3) is 24.3 Å². The standard InChI is InChI=1S/C33H42N4O6/c1-38-32-24-30(42-21-15-36-11-17-40-18-12-36)9-5-26(32)3-7-28-23-29(35-34-28)8-4-27-6-10-31(25-33(27)39-2)43-22-16-37-13-19-41-20-14-37/h3-10,23-25H,11-22H2,1-2H3,(H,34,35)/b7-3+,8-4+. The number of aromatic nitrogens is 2. The first kappa shape index (κ1) is 30.6. The Bertz CT molecular complexity index is 1240. The van der Waals surface area contributed by atoms with Crippen molar-refractivity contribution >= 4 is 24.3 Å². The van der Waals surface area contributed by atoms with Gasteiger partial charge in [-0.05, 0) is 54.6 Å². The number of hydrogen-bond acceptors (Lipinski definition) is 9. The smallest absolute Gasteiger partial charge is 0.129 e. The van der Waals surface area contributed by atoms with Crippen LogP contribution in [0.15, 0.2) is 42.5 Å². The van der Waals surface area contributed by atoms with Crippen LogP contribution in [0.5, 0.6) is 23.0 Å². The van der Waals surface area contributed by atoms with E-state index in [1.165, 1.54) is 0 Å². The molecule has 0 atom stereocenters. The van der Waals surface area contributed by atoms with Crippen molar-refractivity contribution in [3.05, 3.63) is 65.0 Å². The SMILES string of the molecule is COc1cc(OCCN2CCOCC2)ccc1/C=C/c1cc(/C=C/c2ccc(OCCN3CCOCC3)cc2OC)[nH]n1. The van der Waals surface area contributed by atoms with Crippen LogP contribution in [-0.2, 0) is 9.47 Å². The van der Waals surface area contributed by atoms with Crippen molar-refractivity contribution in [2.45, 2.75) is 0 Å². The van der Waals surface area contributed by atoms with Crippen LogP contribution in [0.1, 0.15) is 22.5 Å². The van der Waals surface area contributed by atoms with Gasteiger partial charge in [0.2, 0.25) is 0 Å². The molecule has 0 bridgehead atoms. The quantitative estimate of drug-likeness (QED) is 0.297. The van der Waals surface area contributed by atoms with E-state index in [1.54, 1.807) is 14.2 Å². The minimum Gasteiger partial charge on any atom is -0.496 e. The van der Waals surface area contributed by atoms with Crippen molar-refractivity contribution in [3.8, 4) is 23.0 Å². The number of nitrogens with zero attached hydrogens (tertiary/aromatic N) is 3. The van der Waals surface area contributed by atoms with Crippen LogP contribution >= 0.6 is 0 Å². The van der Waals surface area contributed by atoms with Gasteiger partial charge in [0.1, 0.15) is 36.2 Å². The third-order valence-electron chi connectivity index (χ3n) is 7.46. The highest BCUT2D eigenvalue weighted by molar-refractivity contribution is 5.75. The van der Waals surface area contributed by atoms with Gasteiger partial charge in [-0.3, -0.25) is 14.9 Å². The summed E-state index contributed by atoms with van der Waals surface area (Å²) < 4.78 is 34.0. The molecule has 2 saturated heterocycles. The third kappa shape index (κ3) is 9.33. The Morgan fingerprint density at radius 3 is 1.72 bits per heavy atom. The van der Waals surface area contributed by atoms with Crippen molar-refractivity contribution in [1.82, 2.24) is 20.0 Å². The number of benzene rings is 2. The number of aromatic amines is 1. The van der Waals surface area contributed by atoms with E-state index in [2.05, 4.69) is 20.0 Å². The molecule has 2 aliphatic heterocycles. The van der Waals surface area contributed by atoms with Gasteiger partial charge in [-0.1, -0.05) is 0 Å². The predicted octanol–water partition coefficient (Wildman–Crippen LogP) is 4.19. The normalized spacial score (nSPS) is 16.6. The largest absolute Gasteiger partial charge is 0.496 e. The second-order valence-electron chi connectivity index (χ2n) is 10.3. The van der Waals surface area contributed by atoms with Crippen LogP contribution in [0, 0.1) is 0 Å². The molecule has 0 amide bonds. The van der Waals surface area contributed by atoms with E-state index in [4.69, 9.17) is 28.4 Å². The van der Waals surface area contributed by atoms with Gasteiger partial charge < -0.3 is 28.4 Å². The van der Waals surface area contributed by atoms with E-state index >= 15 is 0 Å². The van der Waals surface area contributed by atoms with E-state index in [-0.39, 0.29) is 0 Å². The average molecular weight is 591 g/mol. The van der Waals surface area contributed by atoms with E-state index in [1.807, 2.05) is 66.8 Å². The molecule has 5 rings (SSSR count). The molecule has 0 aliphatic carbocycles. The summed E-state index contributed by atoms with van der Waals surface area (Å²) in [6.45, 7) is 9.98. The Morgan fingerprint density at radius 1 is 0.698 bits per heavy atom. The summed E-state index contributed by atoms with van der Waals surface area (Å²) in [4.78, 5) is 4.70. The summed E-state index contributed by atoms with van der Waals surface area (Å²) in [6, 6.07) is 13.8. The number of methoxy groups -OCH3 is 2. The van der Waals surface area contributed by atoms with Gasteiger partial charge in [-0.15, -0.1) is 0 Å². The molecule has 10 heteroatoms. The lowest BCUT2D eigenvalue weighted by Crippen LogP contribution is -2.38. The maximum absolute atomic E-state index is 5.97. The Kier molecular flexibility index (Phi) is 11.5. The number of rotatable bonds is 14. The summed E-state index contributed by atoms with van der Waals surface area (Å²) in [6.07, 6.45) is 7.91. The molecule has 2 fully saturated rings. The Hall–Kier alpha value is -3.83. The molecular formula is C33H42N4O6. The second-order valence-corrected chi connectivity index (χ2v) is 10.3. The van der Waals surface area contributed by atoms with Gasteiger partial charge in [-0.25, -0.2) is 0 Å². The van der Waals surface area contributed by atoms with Gasteiger partial charge >= 0.3 is 0 Å². The zero-order valence-electron chi connectivity index (χ0n) is 25.1. The molecule has 3 aromatic rings. The molecule has 2 aliphatic rings. The summed E-state index contributed by atoms with van der Waals surface area (Å²) in [5.41, 5.74) is 3.58. The van der Waals surface area contributed by atoms with Crippen LogP contribution in [0.2, 0.25) is 0 Å². The first-order valence-corrected chi connectivity index (χ1v) is 14.8. The maximum Gasteiger partial charge on any atom is 0.129 e. The lowest BCUT2D eigenvalue weighted by molar-refractivity contribution is 0.0321. The number of hydrogen-bond donors (Lipinski definition) is 1. The minimum atomic E-state index is 0.626. The molecule has 0 saturated carbocycles. The lowest BCUT2D eigenvalue weighted by Gasteiger charge is -2.26. The van der Waals surface area contributed by atoms with E-state index in [0.29, 0.717) is 13.2 Å². The number of H-pyrrole nitrogens is 1. The van der Waals surface area contributed by atoms with Gasteiger partial charge in [0.15, 0.2) is 0 Å². The first-order valence-electron chi connectivity index (χ1n) is 14.8. The highest BCUT2D eigenvalue weighted by atomic mass is 16.5. The van der Waals surface area contributed by atoms with Crippen LogP contribution in [-0.4, -0.2) is 113 Å². The van der Waals surface area contributed by atoms with Crippen molar-refractivity contribution in [3.63, 3.8) is 0 Å². The molecular weight excluding hydrogens is 548 g/mol. The zero-order valence-corrected chi connectivity index (χ0v) is 25.1. The number of nitrogens with one attached hydrogen (secondary N) is 1. The molecule has 0 radical (unpaired) electrons. The van der Waals surface area contributed by atoms with Crippen LogP contribution in [0.4, 0.5) is 0 Å². The molecule has 3 heterocycles. The minimum absolute atomic E-state index is 0.626. The molecule has 43 heavy (non-hydrogen) atoms. The van der Waals surface area contributed by atoms with Gasteiger partial charge in [0, 0.05) is 62.5 Å². The fourth-order valence-corrected chi connectivity index (χ4v) is 4.95. The van der Waals surface area contributed by atoms with Crippen molar-refractivity contribution < 1.29 is 28.4 Å². The second kappa shape index (κ2) is 16.1. The monoisotopic (exact) mass is 590 g/mol.